The summed E-state index contributed by atoms with van der Waals surface area (Å²) in [6.45, 7) is 1.77. The molecule has 5 heteroatoms. The second-order valence-corrected chi connectivity index (χ2v) is 6.56. The average Bonchev–Trinajstić information content (AvgIpc) is 3.43. The van der Waals surface area contributed by atoms with Crippen molar-refractivity contribution in [2.45, 2.75) is 24.8 Å². The number of carbonyl (C=O) groups excluding carboxylic acids is 1. The Hall–Kier alpha value is -2.69. The predicted molar refractivity (Wildman–Crippen MR) is 95.0 cm³/mol. The molecule has 1 aliphatic heterocycles. The number of ether oxygens (including phenoxy) is 2. The quantitative estimate of drug-likeness (QED) is 0.881. The molecule has 0 aromatic heterocycles. The third kappa shape index (κ3) is 3.55. The topological polar surface area (TPSA) is 59.6 Å². The zero-order valence-electron chi connectivity index (χ0n) is 14.1. The van der Waals surface area contributed by atoms with Gasteiger partial charge in [-0.3, -0.25) is 0 Å². The molecule has 2 amide bonds. The number of carbonyl (C=O) groups is 1. The van der Waals surface area contributed by atoms with E-state index in [0.29, 0.717) is 19.8 Å². The summed E-state index contributed by atoms with van der Waals surface area (Å²) in [5.74, 6) is 1.54. The second kappa shape index (κ2) is 6.67. The molecule has 0 radical (unpaired) electrons. The van der Waals surface area contributed by atoms with Crippen LogP contribution < -0.4 is 20.1 Å². The number of amides is 2. The van der Waals surface area contributed by atoms with Crippen molar-refractivity contribution in [2.75, 3.05) is 19.8 Å². The van der Waals surface area contributed by atoms with Gasteiger partial charge in [0.05, 0.1) is 5.54 Å². The van der Waals surface area contributed by atoms with Crippen molar-refractivity contribution in [3.63, 3.8) is 0 Å². The smallest absolute Gasteiger partial charge is 0.315 e. The monoisotopic (exact) mass is 338 g/mol. The van der Waals surface area contributed by atoms with Crippen molar-refractivity contribution in [3.05, 3.63) is 59.7 Å². The van der Waals surface area contributed by atoms with Crippen LogP contribution in [0.3, 0.4) is 0 Å². The minimum Gasteiger partial charge on any atom is -0.486 e. The van der Waals surface area contributed by atoms with Crippen molar-refractivity contribution in [1.82, 2.24) is 10.6 Å². The second-order valence-electron chi connectivity index (χ2n) is 6.56. The van der Waals surface area contributed by atoms with Gasteiger partial charge in [-0.25, -0.2) is 4.79 Å². The fraction of sp³-hybridized carbons (Fsp3) is 0.350. The van der Waals surface area contributed by atoms with Crippen molar-refractivity contribution < 1.29 is 14.3 Å². The molecule has 25 heavy (non-hydrogen) atoms. The molecule has 0 saturated heterocycles. The fourth-order valence-corrected chi connectivity index (χ4v) is 3.18. The first kappa shape index (κ1) is 15.8. The minimum atomic E-state index is -0.271. The zero-order valence-corrected chi connectivity index (χ0v) is 14.1. The maximum absolute atomic E-state index is 12.3. The van der Waals surface area contributed by atoms with E-state index in [-0.39, 0.29) is 11.6 Å². The van der Waals surface area contributed by atoms with Crippen LogP contribution in [0.4, 0.5) is 4.79 Å². The van der Waals surface area contributed by atoms with Crippen LogP contribution in [0, 0.1) is 0 Å². The summed E-state index contributed by atoms with van der Waals surface area (Å²) < 4.78 is 11.2. The molecule has 4 rings (SSSR count). The number of rotatable bonds is 5. The van der Waals surface area contributed by atoms with Gasteiger partial charge in [0.25, 0.3) is 0 Å². The molecule has 2 aliphatic rings. The van der Waals surface area contributed by atoms with Crippen LogP contribution in [0.5, 0.6) is 11.5 Å². The predicted octanol–water partition coefficient (Wildman–Crippen LogP) is 2.99. The van der Waals surface area contributed by atoms with Crippen molar-refractivity contribution in [3.8, 4) is 11.5 Å². The van der Waals surface area contributed by atoms with E-state index in [1.807, 2.05) is 36.4 Å². The Morgan fingerprint density at radius 3 is 2.52 bits per heavy atom. The van der Waals surface area contributed by atoms with Gasteiger partial charge >= 0.3 is 6.03 Å². The summed E-state index contributed by atoms with van der Waals surface area (Å²) in [7, 11) is 0. The average molecular weight is 338 g/mol. The van der Waals surface area contributed by atoms with Crippen LogP contribution >= 0.6 is 0 Å². The Bertz CT molecular complexity index is 757. The van der Waals surface area contributed by atoms with Gasteiger partial charge in [-0.2, -0.15) is 0 Å². The largest absolute Gasteiger partial charge is 0.486 e. The lowest BCUT2D eigenvalue weighted by Crippen LogP contribution is -2.42. The summed E-state index contributed by atoms with van der Waals surface area (Å²) >= 11 is 0. The van der Waals surface area contributed by atoms with Crippen LogP contribution in [0.2, 0.25) is 0 Å². The highest BCUT2D eigenvalue weighted by molar-refractivity contribution is 5.75. The molecular formula is C20H22N2O3. The summed E-state index contributed by atoms with van der Waals surface area (Å²) in [4.78, 5) is 12.3. The molecule has 1 aliphatic carbocycles. The van der Waals surface area contributed by atoms with E-state index < -0.39 is 0 Å². The number of urea groups is 1. The molecule has 0 bridgehead atoms. The SMILES string of the molecule is O=C(NCCc1ccccc1)NC1(c2ccc3c(c2)OCCO3)CC1. The Labute approximate surface area is 147 Å². The van der Waals surface area contributed by atoms with E-state index in [9.17, 15) is 4.79 Å². The lowest BCUT2D eigenvalue weighted by Gasteiger charge is -2.23. The van der Waals surface area contributed by atoms with Crippen molar-refractivity contribution in [1.29, 1.82) is 0 Å². The first-order chi connectivity index (χ1) is 12.3. The number of benzene rings is 2. The van der Waals surface area contributed by atoms with Gasteiger partial charge in [0.15, 0.2) is 11.5 Å². The molecule has 130 valence electrons. The van der Waals surface area contributed by atoms with E-state index in [2.05, 4.69) is 22.8 Å². The molecule has 5 nitrogen and oxygen atoms in total. The first-order valence-corrected chi connectivity index (χ1v) is 8.75. The van der Waals surface area contributed by atoms with Crippen LogP contribution in [0.1, 0.15) is 24.0 Å². The van der Waals surface area contributed by atoms with Crippen molar-refractivity contribution >= 4 is 6.03 Å². The minimum absolute atomic E-state index is 0.122. The van der Waals surface area contributed by atoms with Gasteiger partial charge in [-0.05, 0) is 42.5 Å². The standard InChI is InChI=1S/C20H22N2O3/c23-19(21-11-8-15-4-2-1-3-5-15)22-20(9-10-20)16-6-7-17-18(14-16)25-13-12-24-17/h1-7,14H,8-13H2,(H2,21,22,23). The molecule has 2 N–H and O–H groups in total. The van der Waals surface area contributed by atoms with Gasteiger partial charge in [-0.1, -0.05) is 36.4 Å². The molecule has 0 unspecified atom stereocenters. The Balaban J connectivity index is 1.34. The molecular weight excluding hydrogens is 316 g/mol. The third-order valence-corrected chi connectivity index (χ3v) is 4.74. The highest BCUT2D eigenvalue weighted by atomic mass is 16.6. The molecule has 2 aromatic carbocycles. The molecule has 0 spiro atoms. The Morgan fingerprint density at radius 2 is 1.76 bits per heavy atom. The number of nitrogens with one attached hydrogen (secondary N) is 2. The normalized spacial score (nSPS) is 16.8. The molecule has 1 saturated carbocycles. The highest BCUT2D eigenvalue weighted by Gasteiger charge is 2.46. The van der Waals surface area contributed by atoms with Crippen LogP contribution in [0.25, 0.3) is 0 Å². The fourth-order valence-electron chi connectivity index (χ4n) is 3.18. The van der Waals surface area contributed by atoms with E-state index in [0.717, 1.165) is 36.3 Å². The summed E-state index contributed by atoms with van der Waals surface area (Å²) in [5.41, 5.74) is 2.03. The number of hydrogen-bond acceptors (Lipinski definition) is 3. The van der Waals surface area contributed by atoms with Crippen molar-refractivity contribution in [2.24, 2.45) is 0 Å². The summed E-state index contributed by atoms with van der Waals surface area (Å²) in [5, 5.41) is 6.08. The van der Waals surface area contributed by atoms with E-state index in [1.54, 1.807) is 0 Å². The van der Waals surface area contributed by atoms with Crippen LogP contribution in [-0.2, 0) is 12.0 Å². The Kier molecular flexibility index (Phi) is 4.22. The molecule has 1 heterocycles. The third-order valence-electron chi connectivity index (χ3n) is 4.74. The van der Waals surface area contributed by atoms with Gasteiger partial charge < -0.3 is 20.1 Å². The van der Waals surface area contributed by atoms with Crippen LogP contribution in [0.15, 0.2) is 48.5 Å². The van der Waals surface area contributed by atoms with E-state index in [4.69, 9.17) is 9.47 Å². The lowest BCUT2D eigenvalue weighted by molar-refractivity contribution is 0.171. The summed E-state index contributed by atoms with van der Waals surface area (Å²) in [6.07, 6.45) is 2.71. The molecule has 0 atom stereocenters. The Morgan fingerprint density at radius 1 is 1.00 bits per heavy atom. The maximum atomic E-state index is 12.3. The van der Waals surface area contributed by atoms with Gasteiger partial charge in [0.2, 0.25) is 0 Å². The van der Waals surface area contributed by atoms with Crippen LogP contribution in [-0.4, -0.2) is 25.8 Å². The highest BCUT2D eigenvalue weighted by Crippen LogP contribution is 2.47. The van der Waals surface area contributed by atoms with E-state index >= 15 is 0 Å². The van der Waals surface area contributed by atoms with Gasteiger partial charge in [-0.15, -0.1) is 0 Å². The number of fused-ring (bicyclic) bond motifs is 1. The molecule has 1 fully saturated rings. The molecule has 2 aromatic rings. The number of hydrogen-bond donors (Lipinski definition) is 2. The van der Waals surface area contributed by atoms with E-state index in [1.165, 1.54) is 5.56 Å². The lowest BCUT2D eigenvalue weighted by atomic mass is 10.0. The maximum Gasteiger partial charge on any atom is 0.315 e. The first-order valence-electron chi connectivity index (χ1n) is 8.75. The van der Waals surface area contributed by atoms with Gasteiger partial charge in [0.1, 0.15) is 13.2 Å². The zero-order chi connectivity index (χ0) is 17.1. The summed E-state index contributed by atoms with van der Waals surface area (Å²) in [6, 6.07) is 16.0. The van der Waals surface area contributed by atoms with Gasteiger partial charge in [0, 0.05) is 6.54 Å².